The third-order valence-electron chi connectivity index (χ3n) is 5.33. The number of rotatable bonds is 8. The minimum atomic E-state index is -1.07. The highest BCUT2D eigenvalue weighted by molar-refractivity contribution is 7.97. The lowest BCUT2D eigenvalue weighted by Crippen LogP contribution is -2.28. The number of hydrogen-bond acceptors (Lipinski definition) is 3. The Hall–Kier alpha value is -3.64. The third kappa shape index (κ3) is 6.08. The van der Waals surface area contributed by atoms with Gasteiger partial charge in [0.1, 0.15) is 11.4 Å². The van der Waals surface area contributed by atoms with Gasteiger partial charge in [0, 0.05) is 6.07 Å². The second-order valence-corrected chi connectivity index (χ2v) is 10.3. The molecular weight excluding hydrogens is 466 g/mol. The predicted molar refractivity (Wildman–Crippen MR) is 132 cm³/mol. The van der Waals surface area contributed by atoms with Crippen LogP contribution in [-0.2, 0) is 26.0 Å². The van der Waals surface area contributed by atoms with Crippen LogP contribution >= 0.6 is 0 Å². The Kier molecular flexibility index (Phi) is 7.51. The summed E-state index contributed by atoms with van der Waals surface area (Å²) < 4.78 is 39.3. The molecule has 0 aliphatic carbocycles. The monoisotopic (exact) mass is 491 g/mol. The molecule has 3 nitrogen and oxygen atoms in total. The van der Waals surface area contributed by atoms with Crippen LogP contribution < -0.4 is 4.74 Å². The van der Waals surface area contributed by atoms with E-state index in [2.05, 4.69) is 0 Å². The minimum absolute atomic E-state index is 0.0348. The summed E-state index contributed by atoms with van der Waals surface area (Å²) in [6.07, 6.45) is 0. The molecule has 4 aromatic rings. The molecule has 0 spiro atoms. The fourth-order valence-corrected chi connectivity index (χ4v) is 5.72. The number of carbonyl (C=O) groups excluding carboxylic acids is 1. The van der Waals surface area contributed by atoms with Crippen molar-refractivity contribution in [2.75, 3.05) is 6.61 Å². The standard InChI is InChI=1S/C29H25F2O3S/c1-29(2,21-10-9-11-22(30)18-21)34-28(32)20-33-27-19-25(16-17-26(27)31)35(23-12-5-3-6-13-23)24-14-7-4-8-15-24/h3-19H,20H2,1-2H3/q+1. The number of halogens is 2. The molecule has 0 unspecified atom stereocenters. The smallest absolute Gasteiger partial charge is 0.345 e. The summed E-state index contributed by atoms with van der Waals surface area (Å²) in [5, 5.41) is 0. The van der Waals surface area contributed by atoms with Crippen LogP contribution in [0.4, 0.5) is 8.78 Å². The molecule has 35 heavy (non-hydrogen) atoms. The van der Waals surface area contributed by atoms with Gasteiger partial charge in [-0.3, -0.25) is 0 Å². The number of benzene rings is 4. The van der Waals surface area contributed by atoms with Gasteiger partial charge in [0.15, 0.2) is 32.9 Å². The highest BCUT2D eigenvalue weighted by Gasteiger charge is 2.30. The molecule has 0 aromatic heterocycles. The second-order valence-electron chi connectivity index (χ2n) is 8.31. The van der Waals surface area contributed by atoms with E-state index < -0.39 is 40.7 Å². The van der Waals surface area contributed by atoms with Gasteiger partial charge in [0.25, 0.3) is 0 Å². The molecule has 0 atom stereocenters. The van der Waals surface area contributed by atoms with Crippen molar-refractivity contribution in [2.45, 2.75) is 34.1 Å². The summed E-state index contributed by atoms with van der Waals surface area (Å²) >= 11 is 0. The van der Waals surface area contributed by atoms with Crippen molar-refractivity contribution in [3.63, 3.8) is 0 Å². The van der Waals surface area contributed by atoms with E-state index >= 15 is 0 Å². The summed E-state index contributed by atoms with van der Waals surface area (Å²) in [6.45, 7) is 2.84. The zero-order chi connectivity index (χ0) is 24.8. The Morgan fingerprint density at radius 2 is 1.40 bits per heavy atom. The zero-order valence-electron chi connectivity index (χ0n) is 19.4. The molecule has 0 N–H and O–H groups in total. The highest BCUT2D eigenvalue weighted by Crippen LogP contribution is 2.34. The topological polar surface area (TPSA) is 35.5 Å². The molecule has 0 saturated heterocycles. The molecule has 0 aliphatic rings. The van der Waals surface area contributed by atoms with Crippen LogP contribution in [0.2, 0.25) is 0 Å². The molecule has 6 heteroatoms. The van der Waals surface area contributed by atoms with Crippen molar-refractivity contribution >= 4 is 16.9 Å². The Labute approximate surface area is 206 Å². The number of ether oxygens (including phenoxy) is 2. The quantitative estimate of drug-likeness (QED) is 0.198. The first kappa shape index (κ1) is 24.5. The summed E-state index contributed by atoms with van der Waals surface area (Å²) in [6, 6.07) is 30.5. The summed E-state index contributed by atoms with van der Waals surface area (Å²) in [5.41, 5.74) is -0.565. The van der Waals surface area contributed by atoms with E-state index in [4.69, 9.17) is 9.47 Å². The van der Waals surface area contributed by atoms with Gasteiger partial charge in [-0.2, -0.15) is 0 Å². The van der Waals surface area contributed by atoms with Crippen LogP contribution in [0.5, 0.6) is 5.75 Å². The van der Waals surface area contributed by atoms with Gasteiger partial charge < -0.3 is 9.47 Å². The largest absolute Gasteiger partial charge is 0.479 e. The van der Waals surface area contributed by atoms with E-state index in [0.717, 1.165) is 14.7 Å². The number of esters is 1. The van der Waals surface area contributed by atoms with Gasteiger partial charge in [-0.1, -0.05) is 48.5 Å². The zero-order valence-corrected chi connectivity index (χ0v) is 20.2. The van der Waals surface area contributed by atoms with Gasteiger partial charge in [-0.05, 0) is 67.9 Å². The van der Waals surface area contributed by atoms with Gasteiger partial charge >= 0.3 is 5.97 Å². The maximum atomic E-state index is 14.6. The second kappa shape index (κ2) is 10.7. The lowest BCUT2D eigenvalue weighted by atomic mass is 9.98. The Morgan fingerprint density at radius 1 is 0.771 bits per heavy atom. The van der Waals surface area contributed by atoms with Crippen molar-refractivity contribution < 1.29 is 23.0 Å². The lowest BCUT2D eigenvalue weighted by Gasteiger charge is -2.25. The molecule has 0 saturated carbocycles. The first-order valence-corrected chi connectivity index (χ1v) is 12.3. The summed E-state index contributed by atoms with van der Waals surface area (Å²) in [4.78, 5) is 15.5. The molecule has 0 amide bonds. The maximum Gasteiger partial charge on any atom is 0.345 e. The van der Waals surface area contributed by atoms with Crippen LogP contribution in [-0.4, -0.2) is 12.6 Å². The van der Waals surface area contributed by atoms with Crippen molar-refractivity contribution in [1.29, 1.82) is 0 Å². The molecule has 4 rings (SSSR count). The van der Waals surface area contributed by atoms with Gasteiger partial charge in [0.05, 0.1) is 10.9 Å². The first-order chi connectivity index (χ1) is 16.8. The van der Waals surface area contributed by atoms with E-state index in [-0.39, 0.29) is 5.75 Å². The summed E-state index contributed by atoms with van der Waals surface area (Å²) in [5.74, 6) is -1.72. The van der Waals surface area contributed by atoms with E-state index in [0.29, 0.717) is 5.56 Å². The van der Waals surface area contributed by atoms with Crippen LogP contribution in [0, 0.1) is 11.6 Å². The van der Waals surface area contributed by atoms with Crippen LogP contribution in [0.1, 0.15) is 19.4 Å². The minimum Gasteiger partial charge on any atom is -0.479 e. The van der Waals surface area contributed by atoms with E-state index in [9.17, 15) is 13.6 Å². The normalized spacial score (nSPS) is 11.3. The third-order valence-corrected chi connectivity index (χ3v) is 7.54. The van der Waals surface area contributed by atoms with E-state index in [1.165, 1.54) is 18.2 Å². The SMILES string of the molecule is CC(C)(OC(=O)COc1cc([S+](c2ccccc2)c2ccccc2)ccc1F)c1cccc(F)c1. The van der Waals surface area contributed by atoms with Gasteiger partial charge in [0.2, 0.25) is 0 Å². The molecule has 0 aliphatic heterocycles. The Bertz CT molecular complexity index is 1250. The molecular formula is C29H25F2O3S+. The molecule has 0 radical (unpaired) electrons. The fraction of sp³-hybridized carbons (Fsp3) is 0.138. The molecule has 0 fully saturated rings. The molecule has 0 heterocycles. The predicted octanol–water partition coefficient (Wildman–Crippen LogP) is 6.92. The molecule has 178 valence electrons. The molecule has 0 bridgehead atoms. The fourth-order valence-electron chi connectivity index (χ4n) is 3.62. The van der Waals surface area contributed by atoms with Gasteiger partial charge in [-0.25, -0.2) is 13.6 Å². The van der Waals surface area contributed by atoms with Crippen LogP contribution in [0.15, 0.2) is 118 Å². The number of carbonyl (C=O) groups is 1. The van der Waals surface area contributed by atoms with Crippen LogP contribution in [0.25, 0.3) is 0 Å². The lowest BCUT2D eigenvalue weighted by molar-refractivity contribution is -0.160. The van der Waals surface area contributed by atoms with Crippen molar-refractivity contribution in [1.82, 2.24) is 0 Å². The average Bonchev–Trinajstić information content (AvgIpc) is 2.85. The Morgan fingerprint density at radius 3 is 2.00 bits per heavy atom. The van der Waals surface area contributed by atoms with Crippen molar-refractivity contribution in [3.05, 3.63) is 120 Å². The van der Waals surface area contributed by atoms with E-state index in [1.807, 2.05) is 60.7 Å². The number of hydrogen-bond donors (Lipinski definition) is 0. The summed E-state index contributed by atoms with van der Waals surface area (Å²) in [7, 11) is -0.489. The van der Waals surface area contributed by atoms with Crippen LogP contribution in [0.3, 0.4) is 0 Å². The van der Waals surface area contributed by atoms with Gasteiger partial charge in [-0.15, -0.1) is 0 Å². The molecule has 4 aromatic carbocycles. The average molecular weight is 492 g/mol. The van der Waals surface area contributed by atoms with Crippen molar-refractivity contribution in [3.8, 4) is 5.75 Å². The first-order valence-electron chi connectivity index (χ1n) is 11.1. The van der Waals surface area contributed by atoms with Crippen molar-refractivity contribution in [2.24, 2.45) is 0 Å². The Balaban J connectivity index is 1.53. The highest BCUT2D eigenvalue weighted by atomic mass is 32.2. The maximum absolute atomic E-state index is 14.6. The van der Waals surface area contributed by atoms with E-state index in [1.54, 1.807) is 38.1 Å².